The van der Waals surface area contributed by atoms with Crippen LogP contribution in [0.1, 0.15) is 25.1 Å². The molecule has 1 aromatic heterocycles. The Labute approximate surface area is 150 Å². The van der Waals surface area contributed by atoms with Gasteiger partial charge in [0.2, 0.25) is 0 Å². The fourth-order valence-corrected chi connectivity index (χ4v) is 2.54. The van der Waals surface area contributed by atoms with Crippen LogP contribution in [0.4, 0.5) is 4.79 Å². The van der Waals surface area contributed by atoms with Gasteiger partial charge in [-0.3, -0.25) is 4.98 Å². The summed E-state index contributed by atoms with van der Waals surface area (Å²) in [6.07, 6.45) is 3.35. The number of likely N-dealkylation sites (N-methyl/N-ethyl adjacent to an activating group) is 1. The molecule has 0 aliphatic heterocycles. The standard InChI is InChI=1S/C20H27N3O2/c1-3-23(16-13-18-7-5-6-14-21-18)20(24)22-15-12-17-8-10-19(11-9-17)25-4-2/h5-11,14H,3-4,12-13,15-16H2,1-2H3,(H,22,24). The lowest BCUT2D eigenvalue weighted by atomic mass is 10.1. The van der Waals surface area contributed by atoms with E-state index in [4.69, 9.17) is 4.74 Å². The van der Waals surface area contributed by atoms with E-state index in [2.05, 4.69) is 10.3 Å². The van der Waals surface area contributed by atoms with Gasteiger partial charge in [-0.25, -0.2) is 4.79 Å². The number of carbonyl (C=O) groups is 1. The van der Waals surface area contributed by atoms with E-state index in [0.29, 0.717) is 26.2 Å². The van der Waals surface area contributed by atoms with Crippen LogP contribution in [0.25, 0.3) is 0 Å². The van der Waals surface area contributed by atoms with Crippen molar-refractivity contribution in [2.45, 2.75) is 26.7 Å². The molecule has 2 amide bonds. The van der Waals surface area contributed by atoms with Gasteiger partial charge in [-0.1, -0.05) is 18.2 Å². The summed E-state index contributed by atoms with van der Waals surface area (Å²) in [5.74, 6) is 0.877. The molecule has 25 heavy (non-hydrogen) atoms. The first kappa shape index (κ1) is 18.8. The molecule has 0 radical (unpaired) electrons. The van der Waals surface area contributed by atoms with Crippen molar-refractivity contribution in [3.63, 3.8) is 0 Å². The third-order valence-corrected chi connectivity index (χ3v) is 3.96. The number of aromatic nitrogens is 1. The Morgan fingerprint density at radius 3 is 2.56 bits per heavy atom. The van der Waals surface area contributed by atoms with Crippen molar-refractivity contribution in [1.82, 2.24) is 15.2 Å². The Morgan fingerprint density at radius 1 is 1.12 bits per heavy atom. The lowest BCUT2D eigenvalue weighted by Crippen LogP contribution is -2.41. The van der Waals surface area contributed by atoms with Gasteiger partial charge in [0.15, 0.2) is 0 Å². The summed E-state index contributed by atoms with van der Waals surface area (Å²) < 4.78 is 5.43. The zero-order chi connectivity index (χ0) is 17.9. The lowest BCUT2D eigenvalue weighted by molar-refractivity contribution is 0.201. The molecule has 0 bridgehead atoms. The van der Waals surface area contributed by atoms with E-state index in [-0.39, 0.29) is 6.03 Å². The van der Waals surface area contributed by atoms with Gasteiger partial charge in [0, 0.05) is 37.9 Å². The van der Waals surface area contributed by atoms with Crippen molar-refractivity contribution in [3.8, 4) is 5.75 Å². The minimum absolute atomic E-state index is 0.0237. The van der Waals surface area contributed by atoms with Crippen molar-refractivity contribution in [3.05, 3.63) is 59.9 Å². The quantitative estimate of drug-likeness (QED) is 0.761. The summed E-state index contributed by atoms with van der Waals surface area (Å²) in [4.78, 5) is 18.4. The predicted octanol–water partition coefficient (Wildman–Crippen LogP) is 3.30. The van der Waals surface area contributed by atoms with E-state index in [1.807, 2.05) is 61.2 Å². The molecule has 0 saturated heterocycles. The normalized spacial score (nSPS) is 10.3. The maximum absolute atomic E-state index is 12.3. The molecule has 5 heteroatoms. The van der Waals surface area contributed by atoms with Crippen LogP contribution in [0.3, 0.4) is 0 Å². The Hall–Kier alpha value is -2.56. The number of benzene rings is 1. The van der Waals surface area contributed by atoms with Crippen LogP contribution in [-0.4, -0.2) is 42.2 Å². The number of pyridine rings is 1. The molecule has 0 atom stereocenters. The maximum Gasteiger partial charge on any atom is 0.317 e. The summed E-state index contributed by atoms with van der Waals surface area (Å²) >= 11 is 0. The Bertz CT molecular complexity index is 629. The first-order valence-electron chi connectivity index (χ1n) is 8.87. The molecule has 1 heterocycles. The number of urea groups is 1. The number of nitrogens with zero attached hydrogens (tertiary/aromatic N) is 2. The highest BCUT2D eigenvalue weighted by molar-refractivity contribution is 5.74. The Kier molecular flexibility index (Phi) is 7.76. The van der Waals surface area contributed by atoms with Crippen LogP contribution in [0, 0.1) is 0 Å². The zero-order valence-corrected chi connectivity index (χ0v) is 15.1. The molecule has 5 nitrogen and oxygen atoms in total. The van der Waals surface area contributed by atoms with Crippen molar-refractivity contribution in [2.75, 3.05) is 26.2 Å². The van der Waals surface area contributed by atoms with Crippen molar-refractivity contribution >= 4 is 6.03 Å². The predicted molar refractivity (Wildman–Crippen MR) is 99.9 cm³/mol. The number of ether oxygens (including phenoxy) is 1. The van der Waals surface area contributed by atoms with Gasteiger partial charge >= 0.3 is 6.03 Å². The number of hydrogen-bond donors (Lipinski definition) is 1. The number of hydrogen-bond acceptors (Lipinski definition) is 3. The Balaban J connectivity index is 1.73. The Morgan fingerprint density at radius 2 is 1.92 bits per heavy atom. The maximum atomic E-state index is 12.3. The molecule has 0 unspecified atom stereocenters. The average Bonchev–Trinajstić information content (AvgIpc) is 2.65. The number of amides is 2. The van der Waals surface area contributed by atoms with E-state index in [1.165, 1.54) is 5.56 Å². The largest absolute Gasteiger partial charge is 0.494 e. The summed E-state index contributed by atoms with van der Waals surface area (Å²) in [6, 6.07) is 13.8. The van der Waals surface area contributed by atoms with Gasteiger partial charge in [0.25, 0.3) is 0 Å². The minimum Gasteiger partial charge on any atom is -0.494 e. The highest BCUT2D eigenvalue weighted by Crippen LogP contribution is 2.12. The average molecular weight is 341 g/mol. The van der Waals surface area contributed by atoms with Crippen LogP contribution in [0.2, 0.25) is 0 Å². The number of carbonyl (C=O) groups excluding carboxylic acids is 1. The molecule has 2 rings (SSSR count). The minimum atomic E-state index is -0.0237. The van der Waals surface area contributed by atoms with Gasteiger partial charge in [-0.2, -0.15) is 0 Å². The topological polar surface area (TPSA) is 54.5 Å². The van der Waals surface area contributed by atoms with E-state index in [9.17, 15) is 4.79 Å². The number of nitrogens with one attached hydrogen (secondary N) is 1. The third kappa shape index (κ3) is 6.45. The fraction of sp³-hybridized carbons (Fsp3) is 0.400. The summed E-state index contributed by atoms with van der Waals surface area (Å²) in [6.45, 7) is 6.60. The molecule has 0 aliphatic rings. The smallest absolute Gasteiger partial charge is 0.317 e. The second-order valence-corrected chi connectivity index (χ2v) is 5.71. The molecule has 0 aliphatic carbocycles. The van der Waals surface area contributed by atoms with Crippen LogP contribution < -0.4 is 10.1 Å². The summed E-state index contributed by atoms with van der Waals surface area (Å²) in [5, 5.41) is 2.99. The second kappa shape index (κ2) is 10.3. The molecule has 2 aromatic rings. The molecule has 0 spiro atoms. The van der Waals surface area contributed by atoms with Gasteiger partial charge in [0.05, 0.1) is 6.61 Å². The van der Waals surface area contributed by atoms with Crippen LogP contribution >= 0.6 is 0 Å². The molecule has 134 valence electrons. The van der Waals surface area contributed by atoms with Gasteiger partial charge in [-0.05, 0) is 50.1 Å². The van der Waals surface area contributed by atoms with Gasteiger partial charge < -0.3 is 15.0 Å². The van der Waals surface area contributed by atoms with Crippen molar-refractivity contribution < 1.29 is 9.53 Å². The molecule has 0 fully saturated rings. The first-order valence-corrected chi connectivity index (χ1v) is 8.87. The highest BCUT2D eigenvalue weighted by Gasteiger charge is 2.11. The first-order chi connectivity index (χ1) is 12.2. The van der Waals surface area contributed by atoms with Gasteiger partial charge in [-0.15, -0.1) is 0 Å². The van der Waals surface area contributed by atoms with E-state index in [1.54, 1.807) is 6.20 Å². The third-order valence-electron chi connectivity index (χ3n) is 3.96. The number of rotatable bonds is 9. The molecular formula is C20H27N3O2. The van der Waals surface area contributed by atoms with E-state index >= 15 is 0 Å². The monoisotopic (exact) mass is 341 g/mol. The molecule has 1 N–H and O–H groups in total. The van der Waals surface area contributed by atoms with E-state index < -0.39 is 0 Å². The van der Waals surface area contributed by atoms with Gasteiger partial charge in [0.1, 0.15) is 5.75 Å². The SMILES string of the molecule is CCOc1ccc(CCNC(=O)N(CC)CCc2ccccn2)cc1. The van der Waals surface area contributed by atoms with Crippen LogP contribution in [-0.2, 0) is 12.8 Å². The lowest BCUT2D eigenvalue weighted by Gasteiger charge is -2.21. The summed E-state index contributed by atoms with van der Waals surface area (Å²) in [5.41, 5.74) is 2.18. The molecular weight excluding hydrogens is 314 g/mol. The van der Waals surface area contributed by atoms with Crippen LogP contribution in [0.15, 0.2) is 48.7 Å². The van der Waals surface area contributed by atoms with Crippen molar-refractivity contribution in [2.24, 2.45) is 0 Å². The zero-order valence-electron chi connectivity index (χ0n) is 15.1. The van der Waals surface area contributed by atoms with Crippen LogP contribution in [0.5, 0.6) is 5.75 Å². The second-order valence-electron chi connectivity index (χ2n) is 5.71. The fourth-order valence-electron chi connectivity index (χ4n) is 2.54. The highest BCUT2D eigenvalue weighted by atomic mass is 16.5. The van der Waals surface area contributed by atoms with E-state index in [0.717, 1.165) is 24.3 Å². The molecule has 1 aromatic carbocycles. The van der Waals surface area contributed by atoms with Crippen molar-refractivity contribution in [1.29, 1.82) is 0 Å². The summed E-state index contributed by atoms with van der Waals surface area (Å²) in [7, 11) is 0. The molecule has 0 saturated carbocycles.